The van der Waals surface area contributed by atoms with Gasteiger partial charge in [-0.05, 0) is 58.6 Å². The van der Waals surface area contributed by atoms with Crippen molar-refractivity contribution in [3.8, 4) is 11.1 Å². The molecular weight excluding hydrogens is 364 g/mol. The molecule has 1 amide bonds. The predicted octanol–water partition coefficient (Wildman–Crippen LogP) is 5.78. The van der Waals surface area contributed by atoms with Crippen molar-refractivity contribution < 1.29 is 4.79 Å². The van der Waals surface area contributed by atoms with Crippen molar-refractivity contribution in [1.29, 1.82) is 0 Å². The molecule has 0 saturated carbocycles. The molecule has 3 rings (SSSR count). The van der Waals surface area contributed by atoms with Crippen LogP contribution in [-0.4, -0.2) is 11.0 Å². The van der Waals surface area contributed by atoms with Crippen molar-refractivity contribution in [3.05, 3.63) is 90.0 Å². The van der Waals surface area contributed by atoms with Gasteiger partial charge >= 0.3 is 0 Å². The monoisotopic (exact) mass is 388 g/mol. The van der Waals surface area contributed by atoms with E-state index in [-0.39, 0.29) is 16.4 Å². The summed E-state index contributed by atoms with van der Waals surface area (Å²) in [6.45, 7) is 6.43. The Kier molecular flexibility index (Phi) is 5.90. The molecule has 0 aliphatic rings. The molecule has 0 aromatic heterocycles. The maximum Gasteiger partial charge on any atom is 0.257 e. The van der Waals surface area contributed by atoms with Gasteiger partial charge in [-0.2, -0.15) is 0 Å². The molecular formula is C24H24N2OS. The topological polar surface area (TPSA) is 41.1 Å². The van der Waals surface area contributed by atoms with Gasteiger partial charge in [0.1, 0.15) is 0 Å². The van der Waals surface area contributed by atoms with E-state index in [1.54, 1.807) is 0 Å². The zero-order valence-electron chi connectivity index (χ0n) is 16.3. The van der Waals surface area contributed by atoms with Gasteiger partial charge in [0.15, 0.2) is 5.11 Å². The van der Waals surface area contributed by atoms with Crippen LogP contribution >= 0.6 is 12.2 Å². The Morgan fingerprint density at radius 2 is 1.46 bits per heavy atom. The first-order chi connectivity index (χ1) is 13.3. The second-order valence-corrected chi connectivity index (χ2v) is 8.09. The second kappa shape index (κ2) is 8.36. The molecule has 0 aliphatic heterocycles. The summed E-state index contributed by atoms with van der Waals surface area (Å²) in [5, 5.41) is 6.10. The lowest BCUT2D eigenvalue weighted by atomic mass is 9.87. The number of carbonyl (C=O) groups excluding carboxylic acids is 1. The van der Waals surface area contributed by atoms with Gasteiger partial charge in [0, 0.05) is 11.3 Å². The van der Waals surface area contributed by atoms with Gasteiger partial charge < -0.3 is 5.32 Å². The number of hydrogen-bond acceptors (Lipinski definition) is 2. The minimum absolute atomic E-state index is 0.0512. The largest absolute Gasteiger partial charge is 0.332 e. The van der Waals surface area contributed by atoms with E-state index in [9.17, 15) is 4.79 Å². The van der Waals surface area contributed by atoms with Crippen molar-refractivity contribution in [2.75, 3.05) is 5.32 Å². The Balaban J connectivity index is 1.65. The van der Waals surface area contributed by atoms with E-state index < -0.39 is 0 Å². The number of benzene rings is 3. The van der Waals surface area contributed by atoms with E-state index in [4.69, 9.17) is 12.2 Å². The Bertz CT molecular complexity index is 973. The summed E-state index contributed by atoms with van der Waals surface area (Å²) in [5.41, 5.74) is 4.85. The highest BCUT2D eigenvalue weighted by Crippen LogP contribution is 2.23. The molecule has 2 N–H and O–H groups in total. The highest BCUT2D eigenvalue weighted by atomic mass is 32.1. The van der Waals surface area contributed by atoms with Crippen LogP contribution in [0.5, 0.6) is 0 Å². The summed E-state index contributed by atoms with van der Waals surface area (Å²) in [6.07, 6.45) is 0. The van der Waals surface area contributed by atoms with Crippen molar-refractivity contribution in [2.24, 2.45) is 0 Å². The molecule has 0 heterocycles. The second-order valence-electron chi connectivity index (χ2n) is 7.68. The minimum atomic E-state index is -0.225. The Labute approximate surface area is 171 Å². The summed E-state index contributed by atoms with van der Waals surface area (Å²) in [5.74, 6) is -0.225. The molecule has 28 heavy (non-hydrogen) atoms. The molecule has 3 aromatic rings. The molecule has 3 nitrogen and oxygen atoms in total. The Morgan fingerprint density at radius 3 is 2.11 bits per heavy atom. The SMILES string of the molecule is CC(C)(C)c1ccc(C(=O)NC(=S)Nc2cccc(-c3ccccc3)c2)cc1. The van der Waals surface area contributed by atoms with Crippen molar-refractivity contribution in [1.82, 2.24) is 5.32 Å². The van der Waals surface area contributed by atoms with Crippen LogP contribution in [0, 0.1) is 0 Å². The fraction of sp³-hybridized carbons (Fsp3) is 0.167. The quantitative estimate of drug-likeness (QED) is 0.559. The fourth-order valence-electron chi connectivity index (χ4n) is 2.87. The first kappa shape index (κ1) is 19.8. The predicted molar refractivity (Wildman–Crippen MR) is 121 cm³/mol. The molecule has 0 atom stereocenters. The van der Waals surface area contributed by atoms with E-state index >= 15 is 0 Å². The van der Waals surface area contributed by atoms with Crippen LogP contribution in [0.1, 0.15) is 36.7 Å². The van der Waals surface area contributed by atoms with E-state index in [0.29, 0.717) is 5.56 Å². The molecule has 4 heteroatoms. The van der Waals surface area contributed by atoms with Gasteiger partial charge in [-0.3, -0.25) is 10.1 Å². The minimum Gasteiger partial charge on any atom is -0.332 e. The lowest BCUT2D eigenvalue weighted by Crippen LogP contribution is -2.34. The van der Waals surface area contributed by atoms with Crippen LogP contribution in [0.15, 0.2) is 78.9 Å². The van der Waals surface area contributed by atoms with Gasteiger partial charge in [0.25, 0.3) is 5.91 Å². The molecule has 0 fully saturated rings. The highest BCUT2D eigenvalue weighted by molar-refractivity contribution is 7.80. The zero-order valence-corrected chi connectivity index (χ0v) is 17.1. The number of rotatable bonds is 3. The third-order valence-electron chi connectivity index (χ3n) is 4.47. The molecule has 0 aliphatic carbocycles. The third-order valence-corrected chi connectivity index (χ3v) is 4.67. The zero-order chi connectivity index (χ0) is 20.1. The van der Waals surface area contributed by atoms with E-state index in [0.717, 1.165) is 16.8 Å². The normalized spacial score (nSPS) is 11.0. The maximum absolute atomic E-state index is 12.5. The van der Waals surface area contributed by atoms with Crippen molar-refractivity contribution in [3.63, 3.8) is 0 Å². The number of anilines is 1. The molecule has 0 saturated heterocycles. The number of thiocarbonyl (C=S) groups is 1. The fourth-order valence-corrected chi connectivity index (χ4v) is 3.08. The van der Waals surface area contributed by atoms with Crippen LogP contribution in [0.25, 0.3) is 11.1 Å². The van der Waals surface area contributed by atoms with Gasteiger partial charge in [-0.1, -0.05) is 75.4 Å². The average Bonchev–Trinajstić information content (AvgIpc) is 2.68. The summed E-state index contributed by atoms with van der Waals surface area (Å²) in [6, 6.07) is 25.7. The van der Waals surface area contributed by atoms with E-state index in [2.05, 4.69) is 43.5 Å². The van der Waals surface area contributed by atoms with Crippen LogP contribution in [0.2, 0.25) is 0 Å². The Hall–Kier alpha value is -2.98. The first-order valence-electron chi connectivity index (χ1n) is 9.21. The van der Waals surface area contributed by atoms with E-state index in [1.807, 2.05) is 66.7 Å². The molecule has 142 valence electrons. The van der Waals surface area contributed by atoms with Crippen LogP contribution in [0.4, 0.5) is 5.69 Å². The van der Waals surface area contributed by atoms with Gasteiger partial charge in [-0.25, -0.2) is 0 Å². The van der Waals surface area contributed by atoms with Gasteiger partial charge in [0.05, 0.1) is 0 Å². The maximum atomic E-state index is 12.5. The van der Waals surface area contributed by atoms with Crippen molar-refractivity contribution in [2.45, 2.75) is 26.2 Å². The Morgan fingerprint density at radius 1 is 0.821 bits per heavy atom. The van der Waals surface area contributed by atoms with Crippen LogP contribution < -0.4 is 10.6 Å². The lowest BCUT2D eigenvalue weighted by Gasteiger charge is -2.19. The van der Waals surface area contributed by atoms with Crippen LogP contribution in [-0.2, 0) is 5.41 Å². The standard InChI is InChI=1S/C24H24N2OS/c1-24(2,3)20-14-12-18(13-15-20)22(27)26-23(28)25-21-11-7-10-19(16-21)17-8-5-4-6-9-17/h4-16H,1-3H3,(H2,25,26,27,28). The third kappa shape index (κ3) is 5.05. The van der Waals surface area contributed by atoms with Gasteiger partial charge in [0.2, 0.25) is 0 Å². The average molecular weight is 389 g/mol. The van der Waals surface area contributed by atoms with E-state index in [1.165, 1.54) is 5.56 Å². The van der Waals surface area contributed by atoms with Crippen molar-refractivity contribution >= 4 is 28.9 Å². The van der Waals surface area contributed by atoms with Gasteiger partial charge in [-0.15, -0.1) is 0 Å². The number of hydrogen-bond donors (Lipinski definition) is 2. The lowest BCUT2D eigenvalue weighted by molar-refractivity contribution is 0.0977. The molecule has 0 radical (unpaired) electrons. The molecule has 0 bridgehead atoms. The molecule has 0 unspecified atom stereocenters. The number of carbonyl (C=O) groups is 1. The van der Waals surface area contributed by atoms with Crippen LogP contribution in [0.3, 0.4) is 0 Å². The highest BCUT2D eigenvalue weighted by Gasteiger charge is 2.14. The molecule has 0 spiro atoms. The smallest absolute Gasteiger partial charge is 0.257 e. The summed E-state index contributed by atoms with van der Waals surface area (Å²) in [4.78, 5) is 12.5. The summed E-state index contributed by atoms with van der Waals surface area (Å²) >= 11 is 5.31. The first-order valence-corrected chi connectivity index (χ1v) is 9.62. The number of amides is 1. The number of nitrogens with one attached hydrogen (secondary N) is 2. The summed E-state index contributed by atoms with van der Waals surface area (Å²) in [7, 11) is 0. The molecule has 3 aromatic carbocycles. The summed E-state index contributed by atoms with van der Waals surface area (Å²) < 4.78 is 0.